The van der Waals surface area contributed by atoms with Crippen molar-refractivity contribution in [3.8, 4) is 5.75 Å². The normalized spacial score (nSPS) is 12.3. The molecule has 0 aliphatic carbocycles. The van der Waals surface area contributed by atoms with Crippen molar-refractivity contribution in [3.63, 3.8) is 0 Å². The Morgan fingerprint density at radius 3 is 2.39 bits per heavy atom. The van der Waals surface area contributed by atoms with Gasteiger partial charge in [-0.15, -0.1) is 5.10 Å². The number of thiazole rings is 1. The summed E-state index contributed by atoms with van der Waals surface area (Å²) in [5.74, 6) is 1.32. The van der Waals surface area contributed by atoms with Crippen LogP contribution in [0.2, 0.25) is 0 Å². The van der Waals surface area contributed by atoms with Gasteiger partial charge in [-0.1, -0.05) is 60.7 Å². The molecule has 6 heteroatoms. The Morgan fingerprint density at radius 2 is 1.75 bits per heavy atom. The van der Waals surface area contributed by atoms with Crippen molar-refractivity contribution in [3.05, 3.63) is 85.9 Å². The quantitative estimate of drug-likeness (QED) is 0.525. The second-order valence-corrected chi connectivity index (χ2v) is 7.29. The standard InChI is InChI=1S/C22H19N3O2S/c1-3-15-4-6-17(7-5-15)14-19-21(26)25-22(28-19)23-20(24-25)13-10-16-8-11-18(27-2)12-9-16/h4-14H,3H2,1-2H3/b13-10+,19-14+. The summed E-state index contributed by atoms with van der Waals surface area (Å²) in [5.41, 5.74) is 3.14. The van der Waals surface area contributed by atoms with Crippen LogP contribution in [0.4, 0.5) is 0 Å². The van der Waals surface area contributed by atoms with Gasteiger partial charge < -0.3 is 4.74 Å². The van der Waals surface area contributed by atoms with Crippen LogP contribution in [-0.2, 0) is 6.42 Å². The van der Waals surface area contributed by atoms with E-state index in [-0.39, 0.29) is 5.56 Å². The minimum Gasteiger partial charge on any atom is -0.497 e. The van der Waals surface area contributed by atoms with Gasteiger partial charge in [0, 0.05) is 0 Å². The van der Waals surface area contributed by atoms with Crippen LogP contribution in [0.25, 0.3) is 23.2 Å². The molecule has 140 valence electrons. The van der Waals surface area contributed by atoms with Crippen molar-refractivity contribution >= 4 is 34.5 Å². The molecule has 0 fully saturated rings. The fourth-order valence-electron chi connectivity index (χ4n) is 2.81. The molecular formula is C22H19N3O2S. The number of nitrogens with zero attached hydrogens (tertiary/aromatic N) is 3. The fraction of sp³-hybridized carbons (Fsp3) is 0.136. The van der Waals surface area contributed by atoms with Gasteiger partial charge in [0.05, 0.1) is 11.6 Å². The third kappa shape index (κ3) is 3.73. The lowest BCUT2D eigenvalue weighted by Gasteiger charge is -1.98. The van der Waals surface area contributed by atoms with Gasteiger partial charge in [-0.25, -0.2) is 0 Å². The van der Waals surface area contributed by atoms with Crippen LogP contribution < -0.4 is 14.8 Å². The topological polar surface area (TPSA) is 56.5 Å². The second-order valence-electron chi connectivity index (χ2n) is 6.28. The third-order valence-corrected chi connectivity index (χ3v) is 5.38. The molecule has 2 aromatic heterocycles. The highest BCUT2D eigenvalue weighted by molar-refractivity contribution is 7.15. The molecule has 0 aliphatic rings. The van der Waals surface area contributed by atoms with Crippen molar-refractivity contribution in [2.75, 3.05) is 7.11 Å². The molecule has 0 spiro atoms. The maximum atomic E-state index is 12.6. The van der Waals surface area contributed by atoms with Crippen LogP contribution in [0, 0.1) is 0 Å². The first-order valence-electron chi connectivity index (χ1n) is 8.98. The number of benzene rings is 2. The number of hydrogen-bond donors (Lipinski definition) is 0. The number of aryl methyl sites for hydroxylation is 1. The highest BCUT2D eigenvalue weighted by atomic mass is 32.1. The highest BCUT2D eigenvalue weighted by Gasteiger charge is 2.08. The van der Waals surface area contributed by atoms with Crippen LogP contribution in [-0.4, -0.2) is 21.7 Å². The van der Waals surface area contributed by atoms with E-state index in [2.05, 4.69) is 29.1 Å². The molecule has 0 aliphatic heterocycles. The molecule has 0 bridgehead atoms. The molecule has 28 heavy (non-hydrogen) atoms. The minimum atomic E-state index is -0.142. The van der Waals surface area contributed by atoms with Gasteiger partial charge >= 0.3 is 0 Å². The summed E-state index contributed by atoms with van der Waals surface area (Å²) in [7, 11) is 1.64. The molecule has 0 unspecified atom stereocenters. The summed E-state index contributed by atoms with van der Waals surface area (Å²) in [6.07, 6.45) is 6.59. The van der Waals surface area contributed by atoms with Gasteiger partial charge in [-0.3, -0.25) is 4.79 Å². The molecule has 0 saturated carbocycles. The van der Waals surface area contributed by atoms with E-state index >= 15 is 0 Å². The Kier molecular flexibility index (Phi) is 5.04. The lowest BCUT2D eigenvalue weighted by atomic mass is 10.1. The van der Waals surface area contributed by atoms with Crippen molar-refractivity contribution in [1.82, 2.24) is 14.6 Å². The number of aromatic nitrogens is 3. The molecule has 0 atom stereocenters. The van der Waals surface area contributed by atoms with E-state index in [0.29, 0.717) is 15.3 Å². The highest BCUT2D eigenvalue weighted by Crippen LogP contribution is 2.13. The zero-order valence-corrected chi connectivity index (χ0v) is 16.4. The maximum Gasteiger partial charge on any atom is 0.291 e. The minimum absolute atomic E-state index is 0.142. The molecule has 0 saturated heterocycles. The van der Waals surface area contributed by atoms with Gasteiger partial charge in [0.1, 0.15) is 5.75 Å². The van der Waals surface area contributed by atoms with Crippen molar-refractivity contribution in [1.29, 1.82) is 0 Å². The number of fused-ring (bicyclic) bond motifs is 1. The molecule has 0 radical (unpaired) electrons. The zero-order valence-electron chi connectivity index (χ0n) is 15.6. The van der Waals surface area contributed by atoms with E-state index in [4.69, 9.17) is 4.74 Å². The van der Waals surface area contributed by atoms with Crippen molar-refractivity contribution < 1.29 is 4.74 Å². The Morgan fingerprint density at radius 1 is 1.04 bits per heavy atom. The smallest absolute Gasteiger partial charge is 0.291 e. The van der Waals surface area contributed by atoms with E-state index in [0.717, 1.165) is 23.3 Å². The Bertz CT molecular complexity index is 1240. The molecule has 4 rings (SSSR count). The van der Waals surface area contributed by atoms with Crippen LogP contribution in [0.3, 0.4) is 0 Å². The summed E-state index contributed by atoms with van der Waals surface area (Å²) < 4.78 is 7.15. The first-order chi connectivity index (χ1) is 13.7. The maximum absolute atomic E-state index is 12.6. The average molecular weight is 389 g/mol. The molecule has 0 amide bonds. The van der Waals surface area contributed by atoms with Crippen LogP contribution in [0.15, 0.2) is 53.3 Å². The van der Waals surface area contributed by atoms with Crippen LogP contribution >= 0.6 is 11.3 Å². The molecule has 2 heterocycles. The molecule has 5 nitrogen and oxygen atoms in total. The summed E-state index contributed by atoms with van der Waals surface area (Å²) in [5, 5.41) is 4.32. The molecular weight excluding hydrogens is 370 g/mol. The van der Waals surface area contributed by atoms with Crippen molar-refractivity contribution in [2.45, 2.75) is 13.3 Å². The number of hydrogen-bond acceptors (Lipinski definition) is 5. The van der Waals surface area contributed by atoms with Crippen molar-refractivity contribution in [2.24, 2.45) is 0 Å². The second kappa shape index (κ2) is 7.78. The van der Waals surface area contributed by atoms with E-state index in [1.807, 2.05) is 48.6 Å². The summed E-state index contributed by atoms with van der Waals surface area (Å²) in [6, 6.07) is 15.9. The molecule has 2 aromatic carbocycles. The van der Waals surface area contributed by atoms with E-state index in [1.54, 1.807) is 13.2 Å². The molecule has 4 aromatic rings. The summed E-state index contributed by atoms with van der Waals surface area (Å²) in [4.78, 5) is 17.7. The number of methoxy groups -OCH3 is 1. The summed E-state index contributed by atoms with van der Waals surface area (Å²) >= 11 is 1.35. The summed E-state index contributed by atoms with van der Waals surface area (Å²) in [6.45, 7) is 2.12. The van der Waals surface area contributed by atoms with Gasteiger partial charge in [0.2, 0.25) is 4.96 Å². The van der Waals surface area contributed by atoms with E-state index < -0.39 is 0 Å². The van der Waals surface area contributed by atoms with E-state index in [9.17, 15) is 4.79 Å². The Labute approximate surface area is 166 Å². The number of ether oxygens (including phenoxy) is 1. The van der Waals surface area contributed by atoms with Gasteiger partial charge in [-0.2, -0.15) is 9.50 Å². The third-order valence-electron chi connectivity index (χ3n) is 4.42. The SMILES string of the molecule is CCc1ccc(/C=c2/sc3nc(/C=C/c4ccc(OC)cc4)nn3c2=O)cc1. The fourth-order valence-corrected chi connectivity index (χ4v) is 3.72. The van der Waals surface area contributed by atoms with E-state index in [1.165, 1.54) is 21.4 Å². The first kappa shape index (κ1) is 18.1. The lowest BCUT2D eigenvalue weighted by Crippen LogP contribution is -2.23. The Hall–Kier alpha value is -3.25. The predicted molar refractivity (Wildman–Crippen MR) is 114 cm³/mol. The Balaban J connectivity index is 1.61. The number of rotatable bonds is 5. The predicted octanol–water partition coefficient (Wildman–Crippen LogP) is 3.44. The zero-order chi connectivity index (χ0) is 19.5. The van der Waals surface area contributed by atoms with Gasteiger partial charge in [-0.05, 0) is 47.4 Å². The largest absolute Gasteiger partial charge is 0.497 e. The average Bonchev–Trinajstić information content (AvgIpc) is 3.26. The monoisotopic (exact) mass is 389 g/mol. The van der Waals surface area contributed by atoms with Crippen LogP contribution in [0.5, 0.6) is 5.75 Å². The van der Waals surface area contributed by atoms with Crippen LogP contribution in [0.1, 0.15) is 29.4 Å². The first-order valence-corrected chi connectivity index (χ1v) is 9.80. The lowest BCUT2D eigenvalue weighted by molar-refractivity contribution is 0.415. The molecule has 0 N–H and O–H groups in total. The van der Waals surface area contributed by atoms with Gasteiger partial charge in [0.15, 0.2) is 5.82 Å². The van der Waals surface area contributed by atoms with Gasteiger partial charge in [0.25, 0.3) is 5.56 Å².